The molecule has 0 saturated heterocycles. The maximum atomic E-state index is 12.8. The average molecular weight is 485 g/mol. The fourth-order valence-electron chi connectivity index (χ4n) is 4.23. The Kier molecular flexibility index (Phi) is 6.01. The molecule has 35 heavy (non-hydrogen) atoms. The number of nitrogens with one attached hydrogen (secondary N) is 1. The van der Waals surface area contributed by atoms with Gasteiger partial charge in [-0.1, -0.05) is 35.6 Å². The van der Waals surface area contributed by atoms with E-state index in [1.165, 1.54) is 11.3 Å². The second-order valence-corrected chi connectivity index (χ2v) is 9.17. The van der Waals surface area contributed by atoms with E-state index < -0.39 is 0 Å². The van der Waals surface area contributed by atoms with Crippen molar-refractivity contribution in [3.8, 4) is 22.6 Å². The SMILES string of the molecule is COc1cccc(-c2coc3c(C)c(OC)c(/C(C)=C/C(=O)Nc4nc5ccccc5s4)cc23)c1. The summed E-state index contributed by atoms with van der Waals surface area (Å²) in [6.45, 7) is 3.85. The molecule has 0 unspecified atom stereocenters. The summed E-state index contributed by atoms with van der Waals surface area (Å²) in [6.07, 6.45) is 3.31. The maximum Gasteiger partial charge on any atom is 0.250 e. The largest absolute Gasteiger partial charge is 0.497 e. The minimum atomic E-state index is -0.249. The number of methoxy groups -OCH3 is 2. The molecule has 7 heteroatoms. The van der Waals surface area contributed by atoms with Crippen LogP contribution < -0.4 is 14.8 Å². The molecule has 5 rings (SSSR count). The molecule has 0 spiro atoms. The minimum Gasteiger partial charge on any atom is -0.497 e. The van der Waals surface area contributed by atoms with Crippen molar-refractivity contribution in [2.75, 3.05) is 19.5 Å². The van der Waals surface area contributed by atoms with Gasteiger partial charge < -0.3 is 13.9 Å². The first-order valence-corrected chi connectivity index (χ1v) is 11.9. The van der Waals surface area contributed by atoms with Crippen LogP contribution in [0.15, 0.2) is 71.4 Å². The van der Waals surface area contributed by atoms with Crippen LogP contribution in [0.25, 0.3) is 37.9 Å². The summed E-state index contributed by atoms with van der Waals surface area (Å²) >= 11 is 1.44. The fraction of sp³-hybridized carbons (Fsp3) is 0.143. The lowest BCUT2D eigenvalue weighted by molar-refractivity contribution is -0.111. The van der Waals surface area contributed by atoms with Crippen LogP contribution >= 0.6 is 11.3 Å². The Morgan fingerprint density at radius 2 is 1.91 bits per heavy atom. The Bertz CT molecular complexity index is 1560. The summed E-state index contributed by atoms with van der Waals surface area (Å²) in [6, 6.07) is 17.6. The quantitative estimate of drug-likeness (QED) is 0.261. The number of aromatic nitrogens is 1. The Labute approximate surface area is 206 Å². The summed E-state index contributed by atoms with van der Waals surface area (Å²) in [7, 11) is 3.27. The van der Waals surface area contributed by atoms with Gasteiger partial charge in [-0.05, 0) is 55.3 Å². The lowest BCUT2D eigenvalue weighted by atomic mass is 9.96. The van der Waals surface area contributed by atoms with Crippen LogP contribution in [0.2, 0.25) is 0 Å². The molecule has 5 aromatic rings. The number of para-hydroxylation sites is 1. The van der Waals surface area contributed by atoms with Crippen LogP contribution in [0.3, 0.4) is 0 Å². The van der Waals surface area contributed by atoms with Gasteiger partial charge in [-0.25, -0.2) is 4.98 Å². The average Bonchev–Trinajstić information content (AvgIpc) is 3.47. The molecule has 0 bridgehead atoms. The summed E-state index contributed by atoms with van der Waals surface area (Å²) in [5, 5.41) is 4.38. The van der Waals surface area contributed by atoms with Gasteiger partial charge in [0.05, 0.1) is 30.7 Å². The molecule has 3 aromatic carbocycles. The van der Waals surface area contributed by atoms with E-state index in [4.69, 9.17) is 13.9 Å². The first-order chi connectivity index (χ1) is 17.0. The van der Waals surface area contributed by atoms with E-state index in [1.807, 2.05) is 68.4 Å². The number of fused-ring (bicyclic) bond motifs is 2. The van der Waals surface area contributed by atoms with Gasteiger partial charge in [0, 0.05) is 28.2 Å². The molecule has 2 aromatic heterocycles. The van der Waals surface area contributed by atoms with Crippen LogP contribution in [-0.4, -0.2) is 25.1 Å². The van der Waals surface area contributed by atoms with Crippen LogP contribution in [0.1, 0.15) is 18.1 Å². The smallest absolute Gasteiger partial charge is 0.250 e. The Morgan fingerprint density at radius 3 is 2.69 bits per heavy atom. The third-order valence-corrected chi connectivity index (χ3v) is 6.88. The molecule has 1 N–H and O–H groups in total. The number of thiazole rings is 1. The van der Waals surface area contributed by atoms with E-state index in [9.17, 15) is 4.79 Å². The van der Waals surface area contributed by atoms with Crippen molar-refractivity contribution in [3.05, 3.63) is 78.1 Å². The highest BCUT2D eigenvalue weighted by Gasteiger charge is 2.19. The molecule has 1 amide bonds. The summed E-state index contributed by atoms with van der Waals surface area (Å²) in [5.74, 6) is 1.19. The first kappa shape index (κ1) is 22.7. The van der Waals surface area contributed by atoms with E-state index in [2.05, 4.69) is 10.3 Å². The Morgan fingerprint density at radius 1 is 1.09 bits per heavy atom. The van der Waals surface area contributed by atoms with Gasteiger partial charge in [-0.15, -0.1) is 0 Å². The zero-order valence-electron chi connectivity index (χ0n) is 19.8. The zero-order chi connectivity index (χ0) is 24.5. The number of furan rings is 1. The number of hydrogen-bond acceptors (Lipinski definition) is 6. The number of nitrogens with zero attached hydrogens (tertiary/aromatic N) is 1. The molecule has 0 saturated carbocycles. The fourth-order valence-corrected chi connectivity index (χ4v) is 5.10. The Balaban J connectivity index is 1.53. The minimum absolute atomic E-state index is 0.249. The van der Waals surface area contributed by atoms with Gasteiger partial charge in [0.2, 0.25) is 5.91 Å². The molecular weight excluding hydrogens is 460 g/mol. The number of ether oxygens (including phenoxy) is 2. The number of amides is 1. The van der Waals surface area contributed by atoms with Crippen molar-refractivity contribution in [3.63, 3.8) is 0 Å². The molecule has 0 atom stereocenters. The molecule has 0 radical (unpaired) electrons. The van der Waals surface area contributed by atoms with Gasteiger partial charge >= 0.3 is 0 Å². The number of anilines is 1. The van der Waals surface area contributed by atoms with E-state index in [0.29, 0.717) is 10.9 Å². The van der Waals surface area contributed by atoms with E-state index in [1.54, 1.807) is 26.6 Å². The van der Waals surface area contributed by atoms with Crippen molar-refractivity contribution >= 4 is 49.1 Å². The standard InChI is InChI=1S/C28H24N2O4S/c1-16(12-25(31)30-28-29-23-10-5-6-11-24(23)35-28)20-14-21-22(18-8-7-9-19(13-18)32-3)15-34-27(21)17(2)26(20)33-4/h5-15H,1-4H3,(H,29,30,31)/b16-12+. The number of hydrogen-bond donors (Lipinski definition) is 1. The van der Waals surface area contributed by atoms with Crippen LogP contribution in [0, 0.1) is 6.92 Å². The Hall–Kier alpha value is -4.10. The summed E-state index contributed by atoms with van der Waals surface area (Å²) in [4.78, 5) is 17.3. The predicted octanol–water partition coefficient (Wildman–Crippen LogP) is 7.08. The van der Waals surface area contributed by atoms with E-state index in [0.717, 1.165) is 54.8 Å². The number of carbonyl (C=O) groups is 1. The normalized spacial score (nSPS) is 11.7. The van der Waals surface area contributed by atoms with Crippen LogP contribution in [0.4, 0.5) is 5.13 Å². The van der Waals surface area contributed by atoms with Gasteiger partial charge in [0.25, 0.3) is 0 Å². The van der Waals surface area contributed by atoms with E-state index >= 15 is 0 Å². The molecule has 176 valence electrons. The van der Waals surface area contributed by atoms with Crippen molar-refractivity contribution < 1.29 is 18.7 Å². The van der Waals surface area contributed by atoms with Crippen LogP contribution in [-0.2, 0) is 4.79 Å². The first-order valence-electron chi connectivity index (χ1n) is 11.1. The highest BCUT2D eigenvalue weighted by Crippen LogP contribution is 2.41. The molecular formula is C28H24N2O4S. The van der Waals surface area contributed by atoms with E-state index in [-0.39, 0.29) is 5.91 Å². The molecule has 2 heterocycles. The molecule has 0 aliphatic heterocycles. The molecule has 0 fully saturated rings. The number of benzene rings is 3. The van der Waals surface area contributed by atoms with Crippen LogP contribution in [0.5, 0.6) is 11.5 Å². The van der Waals surface area contributed by atoms with Gasteiger partial charge in [0.1, 0.15) is 17.1 Å². The lowest BCUT2D eigenvalue weighted by Gasteiger charge is -2.13. The van der Waals surface area contributed by atoms with Gasteiger partial charge in [-0.2, -0.15) is 0 Å². The van der Waals surface area contributed by atoms with Crippen molar-refractivity contribution in [2.45, 2.75) is 13.8 Å². The number of allylic oxidation sites excluding steroid dienone is 1. The van der Waals surface area contributed by atoms with Gasteiger partial charge in [-0.3, -0.25) is 10.1 Å². The zero-order valence-corrected chi connectivity index (χ0v) is 20.7. The second-order valence-electron chi connectivity index (χ2n) is 8.14. The van der Waals surface area contributed by atoms with Crippen molar-refractivity contribution in [2.24, 2.45) is 0 Å². The third-order valence-electron chi connectivity index (χ3n) is 5.93. The highest BCUT2D eigenvalue weighted by molar-refractivity contribution is 7.22. The maximum absolute atomic E-state index is 12.8. The number of rotatable bonds is 6. The third kappa shape index (κ3) is 4.26. The number of carbonyl (C=O) groups excluding carboxylic acids is 1. The predicted molar refractivity (Wildman–Crippen MR) is 141 cm³/mol. The highest BCUT2D eigenvalue weighted by atomic mass is 32.1. The van der Waals surface area contributed by atoms with Crippen molar-refractivity contribution in [1.82, 2.24) is 4.98 Å². The lowest BCUT2D eigenvalue weighted by Crippen LogP contribution is -2.08. The molecule has 0 aliphatic rings. The second kappa shape index (κ2) is 9.27. The monoisotopic (exact) mass is 484 g/mol. The van der Waals surface area contributed by atoms with Crippen molar-refractivity contribution in [1.29, 1.82) is 0 Å². The molecule has 0 aliphatic carbocycles. The summed E-state index contributed by atoms with van der Waals surface area (Å²) in [5.41, 5.74) is 5.99. The topological polar surface area (TPSA) is 73.6 Å². The summed E-state index contributed by atoms with van der Waals surface area (Å²) < 4.78 is 18.1. The number of aryl methyl sites for hydroxylation is 1. The molecule has 6 nitrogen and oxygen atoms in total. The van der Waals surface area contributed by atoms with Gasteiger partial charge in [0.15, 0.2) is 5.13 Å².